The van der Waals surface area contributed by atoms with E-state index in [9.17, 15) is 14.4 Å². The van der Waals surface area contributed by atoms with Crippen LogP contribution in [-0.2, 0) is 4.79 Å². The minimum Gasteiger partial charge on any atom is -0.478 e. The van der Waals surface area contributed by atoms with Crippen LogP contribution in [0.25, 0.3) is 0 Å². The third kappa shape index (κ3) is 3.21. The molecule has 1 aromatic rings. The van der Waals surface area contributed by atoms with E-state index in [4.69, 9.17) is 5.11 Å². The number of aromatic carboxylic acids is 1. The average Bonchev–Trinajstić information content (AvgIpc) is 2.52. The number of hydrogen-bond donors (Lipinski definition) is 1. The SMILES string of the molecule is CCCN1CCN(C(=O)c2cccc(C(=O)O)c2)C(C)(C)C1=O. The van der Waals surface area contributed by atoms with Crippen LogP contribution in [0.15, 0.2) is 24.3 Å². The molecule has 0 aromatic heterocycles. The monoisotopic (exact) mass is 318 g/mol. The van der Waals surface area contributed by atoms with Crippen LogP contribution in [0.3, 0.4) is 0 Å². The lowest BCUT2D eigenvalue weighted by Gasteiger charge is -2.46. The van der Waals surface area contributed by atoms with Crippen molar-refractivity contribution in [1.82, 2.24) is 9.80 Å². The minimum absolute atomic E-state index is 0.0598. The Morgan fingerprint density at radius 1 is 1.22 bits per heavy atom. The first kappa shape index (κ1) is 17.0. The molecule has 124 valence electrons. The van der Waals surface area contributed by atoms with Gasteiger partial charge in [0, 0.05) is 25.2 Å². The molecule has 0 atom stereocenters. The minimum atomic E-state index is -1.08. The first-order valence-electron chi connectivity index (χ1n) is 7.73. The van der Waals surface area contributed by atoms with E-state index in [-0.39, 0.29) is 22.9 Å². The molecule has 1 heterocycles. The highest BCUT2D eigenvalue weighted by Gasteiger charge is 2.44. The molecule has 0 radical (unpaired) electrons. The van der Waals surface area contributed by atoms with Gasteiger partial charge in [-0.25, -0.2) is 4.79 Å². The van der Waals surface area contributed by atoms with Crippen LogP contribution in [0, 0.1) is 0 Å². The summed E-state index contributed by atoms with van der Waals surface area (Å²) in [6.45, 7) is 7.09. The van der Waals surface area contributed by atoms with Crippen molar-refractivity contribution >= 4 is 17.8 Å². The molecular weight excluding hydrogens is 296 g/mol. The van der Waals surface area contributed by atoms with Gasteiger partial charge in [-0.3, -0.25) is 9.59 Å². The van der Waals surface area contributed by atoms with E-state index in [0.29, 0.717) is 19.6 Å². The van der Waals surface area contributed by atoms with Gasteiger partial charge < -0.3 is 14.9 Å². The highest BCUT2D eigenvalue weighted by molar-refractivity contribution is 6.01. The Morgan fingerprint density at radius 2 is 1.87 bits per heavy atom. The van der Waals surface area contributed by atoms with Crippen LogP contribution in [0.2, 0.25) is 0 Å². The zero-order chi connectivity index (χ0) is 17.2. The maximum Gasteiger partial charge on any atom is 0.335 e. The molecule has 2 amide bonds. The fourth-order valence-electron chi connectivity index (χ4n) is 2.88. The zero-order valence-corrected chi connectivity index (χ0v) is 13.7. The van der Waals surface area contributed by atoms with Gasteiger partial charge >= 0.3 is 5.97 Å². The molecule has 2 rings (SSSR count). The molecular formula is C17H22N2O4. The third-order valence-corrected chi connectivity index (χ3v) is 4.17. The van der Waals surface area contributed by atoms with Crippen LogP contribution < -0.4 is 0 Å². The molecule has 0 aliphatic carbocycles. The first-order valence-corrected chi connectivity index (χ1v) is 7.73. The first-order chi connectivity index (χ1) is 10.8. The molecule has 1 aliphatic rings. The van der Waals surface area contributed by atoms with E-state index in [1.807, 2.05) is 6.92 Å². The quantitative estimate of drug-likeness (QED) is 0.919. The highest BCUT2D eigenvalue weighted by Crippen LogP contribution is 2.25. The summed E-state index contributed by atoms with van der Waals surface area (Å²) in [6, 6.07) is 5.91. The van der Waals surface area contributed by atoms with Crippen molar-refractivity contribution in [3.05, 3.63) is 35.4 Å². The molecule has 6 heteroatoms. The topological polar surface area (TPSA) is 77.9 Å². The Hall–Kier alpha value is -2.37. The van der Waals surface area contributed by atoms with E-state index in [0.717, 1.165) is 6.42 Å². The molecule has 1 aromatic carbocycles. The smallest absolute Gasteiger partial charge is 0.335 e. The van der Waals surface area contributed by atoms with Crippen LogP contribution in [0.5, 0.6) is 0 Å². The molecule has 0 bridgehead atoms. The van der Waals surface area contributed by atoms with E-state index < -0.39 is 11.5 Å². The lowest BCUT2D eigenvalue weighted by molar-refractivity contribution is -0.146. The molecule has 0 spiro atoms. The summed E-state index contributed by atoms with van der Waals surface area (Å²) < 4.78 is 0. The summed E-state index contributed by atoms with van der Waals surface area (Å²) in [5.41, 5.74) is -0.594. The van der Waals surface area contributed by atoms with Crippen molar-refractivity contribution in [3.8, 4) is 0 Å². The number of benzene rings is 1. The molecule has 1 aliphatic heterocycles. The van der Waals surface area contributed by atoms with Crippen molar-refractivity contribution in [2.45, 2.75) is 32.7 Å². The summed E-state index contributed by atoms with van der Waals surface area (Å²) in [6.07, 6.45) is 0.871. The number of piperazine rings is 1. The van der Waals surface area contributed by atoms with Crippen molar-refractivity contribution in [2.24, 2.45) is 0 Å². The molecule has 1 N–H and O–H groups in total. The summed E-state index contributed by atoms with van der Waals surface area (Å²) >= 11 is 0. The van der Waals surface area contributed by atoms with Crippen molar-refractivity contribution in [1.29, 1.82) is 0 Å². The van der Waals surface area contributed by atoms with Gasteiger partial charge in [0.15, 0.2) is 0 Å². The fraction of sp³-hybridized carbons (Fsp3) is 0.471. The lowest BCUT2D eigenvalue weighted by atomic mass is 9.95. The predicted octanol–water partition coefficient (Wildman–Crippen LogP) is 1.86. The van der Waals surface area contributed by atoms with E-state index in [1.54, 1.807) is 30.9 Å². The average molecular weight is 318 g/mol. The Kier molecular flexibility index (Phi) is 4.73. The van der Waals surface area contributed by atoms with Crippen molar-refractivity contribution in [3.63, 3.8) is 0 Å². The number of hydrogen-bond acceptors (Lipinski definition) is 3. The molecule has 1 saturated heterocycles. The third-order valence-electron chi connectivity index (χ3n) is 4.17. The van der Waals surface area contributed by atoms with Gasteiger partial charge in [-0.1, -0.05) is 13.0 Å². The number of carboxylic acids is 1. The number of carbonyl (C=O) groups is 3. The normalized spacial score (nSPS) is 17.3. The number of carbonyl (C=O) groups excluding carboxylic acids is 2. The van der Waals surface area contributed by atoms with Gasteiger partial charge in [0.2, 0.25) is 5.91 Å². The number of nitrogens with zero attached hydrogens (tertiary/aromatic N) is 2. The van der Waals surface area contributed by atoms with E-state index in [2.05, 4.69) is 0 Å². The van der Waals surface area contributed by atoms with Gasteiger partial charge in [0.25, 0.3) is 5.91 Å². The van der Waals surface area contributed by atoms with Crippen molar-refractivity contribution in [2.75, 3.05) is 19.6 Å². The molecule has 0 saturated carbocycles. The number of amides is 2. The maximum atomic E-state index is 12.8. The van der Waals surface area contributed by atoms with Gasteiger partial charge in [-0.15, -0.1) is 0 Å². The highest BCUT2D eigenvalue weighted by atomic mass is 16.4. The second-order valence-corrected chi connectivity index (χ2v) is 6.19. The van der Waals surface area contributed by atoms with Gasteiger partial charge in [0.1, 0.15) is 5.54 Å². The van der Waals surface area contributed by atoms with Gasteiger partial charge in [0.05, 0.1) is 5.56 Å². The largest absolute Gasteiger partial charge is 0.478 e. The Morgan fingerprint density at radius 3 is 2.48 bits per heavy atom. The predicted molar refractivity (Wildman–Crippen MR) is 85.4 cm³/mol. The zero-order valence-electron chi connectivity index (χ0n) is 13.7. The molecule has 6 nitrogen and oxygen atoms in total. The molecule has 0 unspecified atom stereocenters. The number of rotatable bonds is 4. The second-order valence-electron chi connectivity index (χ2n) is 6.19. The van der Waals surface area contributed by atoms with Gasteiger partial charge in [-0.05, 0) is 38.5 Å². The molecule has 1 fully saturated rings. The van der Waals surface area contributed by atoms with Crippen LogP contribution in [-0.4, -0.2) is 57.9 Å². The standard InChI is InChI=1S/C17H22N2O4/c1-4-8-18-9-10-19(17(2,3)16(18)23)14(20)12-6-5-7-13(11-12)15(21)22/h5-7,11H,4,8-10H2,1-3H3,(H,21,22). The lowest BCUT2D eigenvalue weighted by Crippen LogP contribution is -2.64. The van der Waals surface area contributed by atoms with Crippen molar-refractivity contribution < 1.29 is 19.5 Å². The second kappa shape index (κ2) is 6.40. The maximum absolute atomic E-state index is 12.8. The van der Waals surface area contributed by atoms with Crippen LogP contribution in [0.1, 0.15) is 47.9 Å². The Bertz CT molecular complexity index is 639. The fourth-order valence-corrected chi connectivity index (χ4v) is 2.88. The summed E-state index contributed by atoms with van der Waals surface area (Å²) in [5.74, 6) is -1.47. The van der Waals surface area contributed by atoms with E-state index >= 15 is 0 Å². The molecule has 23 heavy (non-hydrogen) atoms. The summed E-state index contributed by atoms with van der Waals surface area (Å²) in [4.78, 5) is 39.7. The van der Waals surface area contributed by atoms with Gasteiger partial charge in [-0.2, -0.15) is 0 Å². The Labute approximate surface area is 135 Å². The Balaban J connectivity index is 2.28. The summed E-state index contributed by atoms with van der Waals surface area (Å²) in [7, 11) is 0. The van der Waals surface area contributed by atoms with E-state index in [1.165, 1.54) is 17.0 Å². The number of carboxylic acid groups (broad SMARTS) is 1. The summed E-state index contributed by atoms with van der Waals surface area (Å²) in [5, 5.41) is 9.05. The van der Waals surface area contributed by atoms with Crippen LogP contribution >= 0.6 is 0 Å². The van der Waals surface area contributed by atoms with Crippen LogP contribution in [0.4, 0.5) is 0 Å².